The van der Waals surface area contributed by atoms with Gasteiger partial charge in [-0.1, -0.05) is 36.4 Å². The summed E-state index contributed by atoms with van der Waals surface area (Å²) in [5, 5.41) is 7.98. The molecular formula is C41H49N5O7. The van der Waals surface area contributed by atoms with Crippen molar-refractivity contribution in [3.05, 3.63) is 89.9 Å². The number of pyridine rings is 1. The Morgan fingerprint density at radius 2 is 1.49 bits per heavy atom. The van der Waals surface area contributed by atoms with Crippen LogP contribution in [0, 0.1) is 0 Å². The van der Waals surface area contributed by atoms with Crippen LogP contribution in [0.2, 0.25) is 0 Å². The molecule has 280 valence electrons. The second-order valence-electron chi connectivity index (χ2n) is 15.8. The fraction of sp³-hybridized carbons (Fsp3) is 0.439. The third kappa shape index (κ3) is 9.35. The normalized spacial score (nSPS) is 15.3. The van der Waals surface area contributed by atoms with E-state index in [-0.39, 0.29) is 31.9 Å². The number of aromatic nitrogens is 3. The summed E-state index contributed by atoms with van der Waals surface area (Å²) in [6.45, 7) is 13.2. The summed E-state index contributed by atoms with van der Waals surface area (Å²) in [6.07, 6.45) is 4.67. The highest BCUT2D eigenvalue weighted by Gasteiger charge is 2.50. The highest BCUT2D eigenvalue weighted by molar-refractivity contribution is 6.00. The average molecular weight is 724 g/mol. The van der Waals surface area contributed by atoms with E-state index in [1.807, 2.05) is 36.4 Å². The molecule has 3 heterocycles. The first-order valence-corrected chi connectivity index (χ1v) is 18.1. The molecule has 0 bridgehead atoms. The quantitative estimate of drug-likeness (QED) is 0.122. The number of benzene rings is 2. The SMILES string of the molecule is CCOC(=O)c1c(-c2ccc(OCc3ccc(C4CC4)cc3)cc2)c(-c2ccncc2)nn1CC1(NC(=O)OC(C)(C)C)CN(C(=O)OC(C)(C)C)C1. The number of amides is 2. The molecule has 1 aliphatic carbocycles. The molecule has 6 rings (SSSR count). The summed E-state index contributed by atoms with van der Waals surface area (Å²) in [5.74, 6) is 0.791. The second-order valence-corrected chi connectivity index (χ2v) is 15.8. The molecule has 1 N–H and O–H groups in total. The van der Waals surface area contributed by atoms with Gasteiger partial charge in [0.25, 0.3) is 0 Å². The van der Waals surface area contributed by atoms with E-state index in [0.29, 0.717) is 35.1 Å². The molecule has 1 aliphatic heterocycles. The molecular weight excluding hydrogens is 674 g/mol. The Hall–Kier alpha value is -5.39. The molecule has 2 aromatic heterocycles. The third-order valence-corrected chi connectivity index (χ3v) is 8.81. The summed E-state index contributed by atoms with van der Waals surface area (Å²) in [4.78, 5) is 45.8. The fourth-order valence-electron chi connectivity index (χ4n) is 6.32. The number of rotatable bonds is 11. The Bertz CT molecular complexity index is 1920. The standard InChI is InChI=1S/C41H49N5O7/c1-8-50-36(47)35-33(30-15-17-32(18-16-30)51-23-27-9-11-28(12-10-27)29-13-14-29)34(31-19-21-42-22-20-31)44-46(35)26-41(43-37(48)52-39(2,3)4)24-45(25-41)38(49)53-40(5,6)7/h9-12,15-22,29H,8,13-14,23-26H2,1-7H3,(H,43,48). The maximum Gasteiger partial charge on any atom is 0.410 e. The van der Waals surface area contributed by atoms with Crippen LogP contribution in [0.1, 0.15) is 88.8 Å². The fourth-order valence-corrected chi connectivity index (χ4v) is 6.32. The number of ether oxygens (including phenoxy) is 4. The van der Waals surface area contributed by atoms with Crippen LogP contribution >= 0.6 is 0 Å². The van der Waals surface area contributed by atoms with E-state index >= 15 is 0 Å². The van der Waals surface area contributed by atoms with Crippen LogP contribution < -0.4 is 10.1 Å². The zero-order chi connectivity index (χ0) is 38.0. The van der Waals surface area contributed by atoms with Crippen molar-refractivity contribution < 1.29 is 33.3 Å². The van der Waals surface area contributed by atoms with Gasteiger partial charge in [0.2, 0.25) is 0 Å². The Kier molecular flexibility index (Phi) is 10.5. The molecule has 2 amide bonds. The van der Waals surface area contributed by atoms with Gasteiger partial charge in [-0.05, 0) is 108 Å². The Balaban J connectivity index is 1.34. The van der Waals surface area contributed by atoms with Crippen LogP contribution in [0.3, 0.4) is 0 Å². The van der Waals surface area contributed by atoms with Gasteiger partial charge < -0.3 is 29.2 Å². The van der Waals surface area contributed by atoms with E-state index in [4.69, 9.17) is 24.0 Å². The molecule has 0 atom stereocenters. The number of alkyl carbamates (subject to hydrolysis) is 1. The summed E-state index contributed by atoms with van der Waals surface area (Å²) in [7, 11) is 0. The molecule has 53 heavy (non-hydrogen) atoms. The minimum absolute atomic E-state index is 0.0263. The zero-order valence-corrected chi connectivity index (χ0v) is 31.6. The average Bonchev–Trinajstić information content (AvgIpc) is 3.86. The maximum atomic E-state index is 13.9. The van der Waals surface area contributed by atoms with Gasteiger partial charge in [0.15, 0.2) is 5.69 Å². The predicted molar refractivity (Wildman–Crippen MR) is 200 cm³/mol. The van der Waals surface area contributed by atoms with Gasteiger partial charge in [0.05, 0.1) is 31.8 Å². The van der Waals surface area contributed by atoms with E-state index in [1.165, 1.54) is 23.3 Å². The minimum Gasteiger partial charge on any atom is -0.489 e. The number of carbonyl (C=O) groups is 3. The molecule has 12 heteroatoms. The summed E-state index contributed by atoms with van der Waals surface area (Å²) < 4.78 is 24.5. The van der Waals surface area contributed by atoms with Crippen molar-refractivity contribution in [3.8, 4) is 28.1 Å². The zero-order valence-electron chi connectivity index (χ0n) is 31.6. The first-order chi connectivity index (χ1) is 25.1. The summed E-state index contributed by atoms with van der Waals surface area (Å²) >= 11 is 0. The number of esters is 1. The van der Waals surface area contributed by atoms with Gasteiger partial charge >= 0.3 is 18.2 Å². The minimum atomic E-state index is -1.05. The van der Waals surface area contributed by atoms with Crippen LogP contribution in [0.5, 0.6) is 5.75 Å². The molecule has 12 nitrogen and oxygen atoms in total. The van der Waals surface area contributed by atoms with Crippen molar-refractivity contribution in [2.75, 3.05) is 19.7 Å². The van der Waals surface area contributed by atoms with Crippen molar-refractivity contribution in [3.63, 3.8) is 0 Å². The van der Waals surface area contributed by atoms with E-state index in [2.05, 4.69) is 34.6 Å². The monoisotopic (exact) mass is 723 g/mol. The van der Waals surface area contributed by atoms with E-state index < -0.39 is 34.9 Å². The van der Waals surface area contributed by atoms with Crippen molar-refractivity contribution in [1.82, 2.24) is 25.0 Å². The van der Waals surface area contributed by atoms with Gasteiger partial charge in [-0.3, -0.25) is 9.67 Å². The molecule has 0 unspecified atom stereocenters. The lowest BCUT2D eigenvalue weighted by Crippen LogP contribution is -2.73. The Morgan fingerprint density at radius 1 is 0.849 bits per heavy atom. The lowest BCUT2D eigenvalue weighted by atomic mass is 9.89. The number of nitrogens with one attached hydrogen (secondary N) is 1. The lowest BCUT2D eigenvalue weighted by Gasteiger charge is -2.49. The Labute approximate surface area is 310 Å². The molecule has 2 aliphatic rings. The first-order valence-electron chi connectivity index (χ1n) is 18.1. The number of nitrogens with zero attached hydrogens (tertiary/aromatic N) is 4. The summed E-state index contributed by atoms with van der Waals surface area (Å²) in [6, 6.07) is 19.7. The number of carbonyl (C=O) groups excluding carboxylic acids is 3. The van der Waals surface area contributed by atoms with Gasteiger partial charge in [-0.15, -0.1) is 0 Å². The lowest BCUT2D eigenvalue weighted by molar-refractivity contribution is -0.0268. The predicted octanol–water partition coefficient (Wildman–Crippen LogP) is 7.76. The molecule has 2 aromatic carbocycles. The second kappa shape index (κ2) is 14.9. The van der Waals surface area contributed by atoms with Crippen LogP contribution in [-0.4, -0.2) is 74.3 Å². The van der Waals surface area contributed by atoms with Crippen molar-refractivity contribution >= 4 is 18.2 Å². The summed E-state index contributed by atoms with van der Waals surface area (Å²) in [5.41, 5.74) is 2.66. The van der Waals surface area contributed by atoms with Gasteiger partial charge in [0.1, 0.15) is 29.3 Å². The largest absolute Gasteiger partial charge is 0.489 e. The van der Waals surface area contributed by atoms with Gasteiger partial charge in [-0.25, -0.2) is 14.4 Å². The van der Waals surface area contributed by atoms with Gasteiger partial charge in [0, 0.05) is 23.5 Å². The van der Waals surface area contributed by atoms with Gasteiger partial charge in [-0.2, -0.15) is 5.10 Å². The molecule has 1 saturated heterocycles. The molecule has 1 saturated carbocycles. The highest BCUT2D eigenvalue weighted by Crippen LogP contribution is 2.40. The topological polar surface area (TPSA) is 134 Å². The van der Waals surface area contributed by atoms with E-state index in [9.17, 15) is 14.4 Å². The van der Waals surface area contributed by atoms with Crippen LogP contribution in [0.4, 0.5) is 9.59 Å². The number of hydrogen-bond donors (Lipinski definition) is 1. The highest BCUT2D eigenvalue weighted by atomic mass is 16.6. The molecule has 4 aromatic rings. The smallest absolute Gasteiger partial charge is 0.410 e. The number of hydrogen-bond acceptors (Lipinski definition) is 9. The molecule has 0 spiro atoms. The molecule has 2 fully saturated rings. The van der Waals surface area contributed by atoms with Crippen molar-refractivity contribution in [2.24, 2.45) is 0 Å². The van der Waals surface area contributed by atoms with Crippen LogP contribution in [-0.2, 0) is 27.4 Å². The first kappa shape index (κ1) is 37.4. The third-order valence-electron chi connectivity index (χ3n) is 8.81. The maximum absolute atomic E-state index is 13.9. The molecule has 0 radical (unpaired) electrons. The Morgan fingerprint density at radius 3 is 2.08 bits per heavy atom. The van der Waals surface area contributed by atoms with E-state index in [0.717, 1.165) is 11.1 Å². The van der Waals surface area contributed by atoms with Crippen LogP contribution in [0.25, 0.3) is 22.4 Å². The van der Waals surface area contributed by atoms with Crippen molar-refractivity contribution in [1.29, 1.82) is 0 Å². The van der Waals surface area contributed by atoms with Crippen molar-refractivity contribution in [2.45, 2.75) is 97.1 Å². The number of likely N-dealkylation sites (tertiary alicyclic amines) is 1. The van der Waals surface area contributed by atoms with Crippen LogP contribution in [0.15, 0.2) is 73.1 Å². The van der Waals surface area contributed by atoms with E-state index in [1.54, 1.807) is 65.5 Å².